The van der Waals surface area contributed by atoms with Gasteiger partial charge in [-0.25, -0.2) is 4.98 Å². The monoisotopic (exact) mass is 369 g/mol. The average molecular weight is 369 g/mol. The quantitative estimate of drug-likeness (QED) is 0.768. The molecule has 4 rings (SSSR count). The zero-order chi connectivity index (χ0) is 17.2. The highest BCUT2D eigenvalue weighted by molar-refractivity contribution is 8.00. The lowest BCUT2D eigenvalue weighted by atomic mass is 10.2. The zero-order valence-corrected chi connectivity index (χ0v) is 14.9. The molecule has 0 aliphatic carbocycles. The van der Waals surface area contributed by atoms with Crippen LogP contribution in [0.4, 0.5) is 5.69 Å². The van der Waals surface area contributed by atoms with Crippen molar-refractivity contribution in [3.63, 3.8) is 0 Å². The Hall–Kier alpha value is -2.38. The lowest BCUT2D eigenvalue weighted by molar-refractivity contribution is -0.123. The van der Waals surface area contributed by atoms with Crippen molar-refractivity contribution >= 4 is 50.8 Å². The van der Waals surface area contributed by atoms with E-state index in [1.54, 1.807) is 16.2 Å². The number of rotatable bonds is 4. The summed E-state index contributed by atoms with van der Waals surface area (Å²) in [5, 5.41) is 3.72. The Morgan fingerprint density at radius 1 is 1.16 bits per heavy atom. The van der Waals surface area contributed by atoms with Gasteiger partial charge in [0.25, 0.3) is 0 Å². The van der Waals surface area contributed by atoms with E-state index in [0.29, 0.717) is 12.3 Å². The summed E-state index contributed by atoms with van der Waals surface area (Å²) in [6, 6.07) is 15.6. The summed E-state index contributed by atoms with van der Waals surface area (Å²) in [6.07, 6.45) is 0. The summed E-state index contributed by atoms with van der Waals surface area (Å²) < 4.78 is 1.10. The molecule has 126 valence electrons. The molecule has 1 aliphatic rings. The maximum absolute atomic E-state index is 12.3. The van der Waals surface area contributed by atoms with Crippen molar-refractivity contribution in [2.75, 3.05) is 17.2 Å². The smallest absolute Gasteiger partial charge is 0.240 e. The first-order valence-corrected chi connectivity index (χ1v) is 9.64. The molecule has 1 aromatic heterocycles. The molecule has 0 spiro atoms. The van der Waals surface area contributed by atoms with Crippen LogP contribution >= 0.6 is 23.1 Å². The van der Waals surface area contributed by atoms with Crippen LogP contribution in [-0.2, 0) is 16.1 Å². The van der Waals surface area contributed by atoms with Crippen molar-refractivity contribution in [1.82, 2.24) is 10.3 Å². The van der Waals surface area contributed by atoms with Gasteiger partial charge in [0.15, 0.2) is 0 Å². The van der Waals surface area contributed by atoms with Gasteiger partial charge in [-0.1, -0.05) is 24.3 Å². The number of carbonyl (C=O) groups excluding carboxylic acids is 2. The van der Waals surface area contributed by atoms with Crippen molar-refractivity contribution in [2.24, 2.45) is 0 Å². The van der Waals surface area contributed by atoms with Gasteiger partial charge in [-0.05, 0) is 24.3 Å². The second kappa shape index (κ2) is 6.85. The fraction of sp³-hybridized carbons (Fsp3) is 0.167. The molecule has 7 heteroatoms. The third kappa shape index (κ3) is 3.38. The van der Waals surface area contributed by atoms with E-state index < -0.39 is 0 Å². The van der Waals surface area contributed by atoms with Crippen molar-refractivity contribution < 1.29 is 9.59 Å². The summed E-state index contributed by atoms with van der Waals surface area (Å²) >= 11 is 3.07. The highest BCUT2D eigenvalue weighted by Crippen LogP contribution is 2.34. The van der Waals surface area contributed by atoms with Gasteiger partial charge in [0, 0.05) is 4.90 Å². The molecular weight excluding hydrogens is 354 g/mol. The summed E-state index contributed by atoms with van der Waals surface area (Å²) in [5.41, 5.74) is 1.74. The zero-order valence-electron chi connectivity index (χ0n) is 13.3. The van der Waals surface area contributed by atoms with E-state index in [9.17, 15) is 9.59 Å². The largest absolute Gasteiger partial charge is 0.348 e. The molecule has 0 saturated heterocycles. The number of aromatic nitrogens is 1. The molecule has 0 bridgehead atoms. The fourth-order valence-corrected chi connectivity index (χ4v) is 4.54. The van der Waals surface area contributed by atoms with Crippen LogP contribution in [0.2, 0.25) is 0 Å². The molecule has 0 saturated carbocycles. The number of benzene rings is 2. The van der Waals surface area contributed by atoms with Gasteiger partial charge in [-0.3, -0.25) is 9.59 Å². The highest BCUT2D eigenvalue weighted by Gasteiger charge is 2.26. The molecule has 2 amide bonds. The van der Waals surface area contributed by atoms with Crippen molar-refractivity contribution in [2.45, 2.75) is 11.4 Å². The molecule has 0 radical (unpaired) electrons. The Morgan fingerprint density at radius 3 is 2.84 bits per heavy atom. The maximum Gasteiger partial charge on any atom is 0.240 e. The van der Waals surface area contributed by atoms with Crippen LogP contribution in [0.5, 0.6) is 0 Å². The Kier molecular flexibility index (Phi) is 4.42. The maximum atomic E-state index is 12.3. The van der Waals surface area contributed by atoms with Crippen LogP contribution in [0.3, 0.4) is 0 Å². The number of fused-ring (bicyclic) bond motifs is 2. The molecule has 1 N–H and O–H groups in total. The SMILES string of the molecule is O=C(CN1C(=O)CSc2ccccc21)NCc1nc2ccccc2s1. The van der Waals surface area contributed by atoms with E-state index in [4.69, 9.17) is 0 Å². The molecule has 0 unspecified atom stereocenters. The third-order valence-electron chi connectivity index (χ3n) is 3.88. The molecule has 3 aromatic rings. The Bertz CT molecular complexity index is 921. The Balaban J connectivity index is 1.43. The fourth-order valence-electron chi connectivity index (χ4n) is 2.70. The van der Waals surface area contributed by atoms with Crippen LogP contribution in [0.15, 0.2) is 53.4 Å². The number of nitrogens with one attached hydrogen (secondary N) is 1. The number of anilines is 1. The van der Waals surface area contributed by atoms with E-state index in [1.165, 1.54) is 11.8 Å². The molecule has 2 heterocycles. The minimum Gasteiger partial charge on any atom is -0.348 e. The standard InChI is InChI=1S/C18H15N3O2S2/c22-16(19-9-17-20-12-5-1-3-7-14(12)25-17)10-21-13-6-2-4-8-15(13)24-11-18(21)23/h1-8H,9-11H2,(H,19,22). The van der Waals surface area contributed by atoms with Gasteiger partial charge in [0.1, 0.15) is 11.6 Å². The Labute approximate surface area is 153 Å². The van der Waals surface area contributed by atoms with Gasteiger partial charge < -0.3 is 10.2 Å². The molecule has 0 atom stereocenters. The van der Waals surface area contributed by atoms with E-state index in [-0.39, 0.29) is 18.4 Å². The first kappa shape index (κ1) is 16.1. The Morgan fingerprint density at radius 2 is 1.96 bits per heavy atom. The van der Waals surface area contributed by atoms with Gasteiger partial charge in [0.05, 0.1) is 28.2 Å². The molecule has 2 aromatic carbocycles. The van der Waals surface area contributed by atoms with E-state index >= 15 is 0 Å². The number of hydrogen-bond donors (Lipinski definition) is 1. The van der Waals surface area contributed by atoms with Crippen molar-refractivity contribution in [3.05, 3.63) is 53.5 Å². The normalized spacial score (nSPS) is 13.8. The van der Waals surface area contributed by atoms with Crippen molar-refractivity contribution in [1.29, 1.82) is 0 Å². The van der Waals surface area contributed by atoms with Gasteiger partial charge in [-0.2, -0.15) is 0 Å². The van der Waals surface area contributed by atoms with Gasteiger partial charge in [-0.15, -0.1) is 23.1 Å². The summed E-state index contributed by atoms with van der Waals surface area (Å²) in [5.74, 6) is 0.135. The first-order chi connectivity index (χ1) is 12.2. The van der Waals surface area contributed by atoms with Crippen LogP contribution < -0.4 is 10.2 Å². The lowest BCUT2D eigenvalue weighted by Gasteiger charge is -2.28. The number of carbonyl (C=O) groups is 2. The summed E-state index contributed by atoms with van der Waals surface area (Å²) in [6.45, 7) is 0.401. The van der Waals surface area contributed by atoms with Crippen LogP contribution in [-0.4, -0.2) is 29.1 Å². The van der Waals surface area contributed by atoms with Gasteiger partial charge in [0.2, 0.25) is 11.8 Å². The lowest BCUT2D eigenvalue weighted by Crippen LogP contribution is -2.43. The number of amides is 2. The number of thiazole rings is 1. The predicted octanol–water partition coefficient (Wildman–Crippen LogP) is 3.05. The van der Waals surface area contributed by atoms with Crippen LogP contribution in [0.25, 0.3) is 10.2 Å². The minimum atomic E-state index is -0.186. The van der Waals surface area contributed by atoms with E-state index in [2.05, 4.69) is 10.3 Å². The number of para-hydroxylation sites is 2. The second-order valence-electron chi connectivity index (χ2n) is 5.59. The highest BCUT2D eigenvalue weighted by atomic mass is 32.2. The topological polar surface area (TPSA) is 62.3 Å². The molecular formula is C18H15N3O2S2. The minimum absolute atomic E-state index is 0.0291. The molecule has 25 heavy (non-hydrogen) atoms. The van der Waals surface area contributed by atoms with Crippen LogP contribution in [0, 0.1) is 0 Å². The molecule has 0 fully saturated rings. The molecule has 1 aliphatic heterocycles. The summed E-state index contributed by atoms with van der Waals surface area (Å²) in [4.78, 5) is 31.6. The van der Waals surface area contributed by atoms with E-state index in [0.717, 1.165) is 25.8 Å². The third-order valence-corrected chi connectivity index (χ3v) is 5.97. The number of nitrogens with zero attached hydrogens (tertiary/aromatic N) is 2. The van der Waals surface area contributed by atoms with Gasteiger partial charge >= 0.3 is 0 Å². The number of hydrogen-bond acceptors (Lipinski definition) is 5. The first-order valence-electron chi connectivity index (χ1n) is 7.84. The summed E-state index contributed by atoms with van der Waals surface area (Å²) in [7, 11) is 0. The predicted molar refractivity (Wildman–Crippen MR) is 101 cm³/mol. The van der Waals surface area contributed by atoms with Crippen LogP contribution in [0.1, 0.15) is 5.01 Å². The number of thioether (sulfide) groups is 1. The van der Waals surface area contributed by atoms with Crippen molar-refractivity contribution in [3.8, 4) is 0 Å². The van der Waals surface area contributed by atoms with E-state index in [1.807, 2.05) is 48.5 Å². The average Bonchev–Trinajstić information content (AvgIpc) is 3.05. The second-order valence-corrected chi connectivity index (χ2v) is 7.72. The molecule has 5 nitrogen and oxygen atoms in total.